The van der Waals surface area contributed by atoms with E-state index < -0.39 is 0 Å². The molecule has 1 amide bonds. The smallest absolute Gasteiger partial charge is 0.253 e. The number of carbonyl (C=O) groups is 1. The summed E-state index contributed by atoms with van der Waals surface area (Å²) in [7, 11) is 1.76. The summed E-state index contributed by atoms with van der Waals surface area (Å²) in [5, 5.41) is 0.836. The first-order chi connectivity index (χ1) is 8.82. The van der Waals surface area contributed by atoms with Crippen molar-refractivity contribution in [2.45, 2.75) is 26.3 Å². The van der Waals surface area contributed by atoms with Crippen LogP contribution >= 0.6 is 23.2 Å². The Morgan fingerprint density at radius 3 is 2.47 bits per heavy atom. The van der Waals surface area contributed by atoms with Gasteiger partial charge in [-0.3, -0.25) is 4.79 Å². The Balaban J connectivity index is 2.64. The molecule has 1 unspecified atom stereocenters. The number of benzene rings is 1. The van der Waals surface area contributed by atoms with Gasteiger partial charge in [0, 0.05) is 25.2 Å². The molecule has 0 aliphatic carbocycles. The van der Waals surface area contributed by atoms with Crippen molar-refractivity contribution >= 4 is 29.1 Å². The molecule has 2 N–H and O–H groups in total. The minimum atomic E-state index is -0.0745. The zero-order valence-corrected chi connectivity index (χ0v) is 13.0. The summed E-state index contributed by atoms with van der Waals surface area (Å²) in [5.74, 6) is 0.336. The second-order valence-corrected chi connectivity index (χ2v) is 5.87. The van der Waals surface area contributed by atoms with Gasteiger partial charge in [-0.1, -0.05) is 37.0 Å². The Labute approximate surface area is 124 Å². The molecule has 0 saturated carbocycles. The minimum absolute atomic E-state index is 0.0745. The lowest BCUT2D eigenvalue weighted by Crippen LogP contribution is -2.34. The standard InChI is InChI=1S/C14H20Cl2N2O/c1-9(2)13(17)6-7-18(3)14(19)10-4-5-11(15)12(16)8-10/h4-5,8-9,13H,6-7,17H2,1-3H3. The molecule has 5 heteroatoms. The Hall–Kier alpha value is -0.770. The molecule has 0 aromatic heterocycles. The van der Waals surface area contributed by atoms with Crippen molar-refractivity contribution in [1.29, 1.82) is 0 Å². The van der Waals surface area contributed by atoms with Crippen LogP contribution in [-0.4, -0.2) is 30.4 Å². The fourth-order valence-corrected chi connectivity index (χ4v) is 1.93. The Bertz CT molecular complexity index is 449. The maximum Gasteiger partial charge on any atom is 0.253 e. The molecule has 0 bridgehead atoms. The molecule has 1 atom stereocenters. The lowest BCUT2D eigenvalue weighted by atomic mass is 10.0. The van der Waals surface area contributed by atoms with E-state index in [0.717, 1.165) is 6.42 Å². The van der Waals surface area contributed by atoms with Gasteiger partial charge in [-0.15, -0.1) is 0 Å². The third kappa shape index (κ3) is 4.68. The van der Waals surface area contributed by atoms with Crippen LogP contribution in [0.25, 0.3) is 0 Å². The fourth-order valence-electron chi connectivity index (χ4n) is 1.63. The average Bonchev–Trinajstić information content (AvgIpc) is 2.37. The van der Waals surface area contributed by atoms with Gasteiger partial charge in [-0.2, -0.15) is 0 Å². The van der Waals surface area contributed by atoms with Crippen molar-refractivity contribution in [3.8, 4) is 0 Å². The van der Waals surface area contributed by atoms with Crippen molar-refractivity contribution in [3.63, 3.8) is 0 Å². The summed E-state index contributed by atoms with van der Waals surface area (Å²) in [6.45, 7) is 4.77. The number of amides is 1. The number of hydrogen-bond donors (Lipinski definition) is 1. The van der Waals surface area contributed by atoms with Crippen LogP contribution in [0.15, 0.2) is 18.2 Å². The molecule has 1 rings (SSSR count). The zero-order valence-electron chi connectivity index (χ0n) is 11.5. The molecule has 1 aromatic rings. The van der Waals surface area contributed by atoms with E-state index in [1.54, 1.807) is 30.1 Å². The molecule has 0 radical (unpaired) electrons. The van der Waals surface area contributed by atoms with Gasteiger partial charge >= 0.3 is 0 Å². The molecule has 19 heavy (non-hydrogen) atoms. The van der Waals surface area contributed by atoms with Gasteiger partial charge in [0.15, 0.2) is 0 Å². The van der Waals surface area contributed by atoms with E-state index in [1.165, 1.54) is 0 Å². The molecular weight excluding hydrogens is 283 g/mol. The van der Waals surface area contributed by atoms with Gasteiger partial charge in [-0.25, -0.2) is 0 Å². The summed E-state index contributed by atoms with van der Waals surface area (Å²) >= 11 is 11.7. The molecule has 0 heterocycles. The second kappa shape index (κ2) is 7.13. The molecule has 0 aliphatic heterocycles. The van der Waals surface area contributed by atoms with E-state index in [-0.39, 0.29) is 11.9 Å². The third-order valence-electron chi connectivity index (χ3n) is 3.17. The molecule has 0 fully saturated rings. The average molecular weight is 303 g/mol. The summed E-state index contributed by atoms with van der Waals surface area (Å²) < 4.78 is 0. The van der Waals surface area contributed by atoms with Gasteiger partial charge in [0.25, 0.3) is 5.91 Å². The predicted molar refractivity (Wildman–Crippen MR) is 80.9 cm³/mol. The highest BCUT2D eigenvalue weighted by molar-refractivity contribution is 6.42. The van der Waals surface area contributed by atoms with Crippen molar-refractivity contribution in [2.75, 3.05) is 13.6 Å². The van der Waals surface area contributed by atoms with E-state index in [4.69, 9.17) is 28.9 Å². The summed E-state index contributed by atoms with van der Waals surface area (Å²) in [5.41, 5.74) is 6.51. The maximum atomic E-state index is 12.2. The topological polar surface area (TPSA) is 46.3 Å². The van der Waals surface area contributed by atoms with Gasteiger partial charge in [-0.05, 0) is 30.5 Å². The Kier molecular flexibility index (Phi) is 6.11. The van der Waals surface area contributed by atoms with Crippen LogP contribution in [-0.2, 0) is 0 Å². The van der Waals surface area contributed by atoms with Gasteiger partial charge in [0.05, 0.1) is 10.0 Å². The zero-order chi connectivity index (χ0) is 14.6. The number of nitrogens with zero attached hydrogens (tertiary/aromatic N) is 1. The van der Waals surface area contributed by atoms with E-state index in [2.05, 4.69) is 13.8 Å². The van der Waals surface area contributed by atoms with Crippen LogP contribution in [0.5, 0.6) is 0 Å². The minimum Gasteiger partial charge on any atom is -0.342 e. The van der Waals surface area contributed by atoms with Crippen molar-refractivity contribution in [2.24, 2.45) is 11.7 Å². The third-order valence-corrected chi connectivity index (χ3v) is 3.91. The largest absolute Gasteiger partial charge is 0.342 e. The van der Waals surface area contributed by atoms with Crippen LogP contribution in [0.2, 0.25) is 10.0 Å². The van der Waals surface area contributed by atoms with E-state index in [9.17, 15) is 4.79 Å². The highest BCUT2D eigenvalue weighted by atomic mass is 35.5. The number of rotatable bonds is 5. The molecule has 106 valence electrons. The molecule has 0 saturated heterocycles. The normalized spacial score (nSPS) is 12.6. The van der Waals surface area contributed by atoms with Crippen LogP contribution in [0.4, 0.5) is 0 Å². The molecule has 0 spiro atoms. The van der Waals surface area contributed by atoms with Crippen molar-refractivity contribution in [3.05, 3.63) is 33.8 Å². The van der Waals surface area contributed by atoms with E-state index >= 15 is 0 Å². The van der Waals surface area contributed by atoms with Crippen LogP contribution in [0.3, 0.4) is 0 Å². The quantitative estimate of drug-likeness (QED) is 0.905. The van der Waals surface area contributed by atoms with Crippen LogP contribution in [0.1, 0.15) is 30.6 Å². The molecular formula is C14H20Cl2N2O. The number of hydrogen-bond acceptors (Lipinski definition) is 2. The summed E-state index contributed by atoms with van der Waals surface area (Å²) in [4.78, 5) is 13.8. The first kappa shape index (κ1) is 16.3. The van der Waals surface area contributed by atoms with Crippen molar-refractivity contribution in [1.82, 2.24) is 4.90 Å². The first-order valence-corrected chi connectivity index (χ1v) is 7.04. The van der Waals surface area contributed by atoms with Gasteiger partial charge in [0.2, 0.25) is 0 Å². The summed E-state index contributed by atoms with van der Waals surface area (Å²) in [6, 6.07) is 5.00. The first-order valence-electron chi connectivity index (χ1n) is 6.29. The molecule has 1 aromatic carbocycles. The SMILES string of the molecule is CC(C)C(N)CCN(C)C(=O)c1ccc(Cl)c(Cl)c1. The molecule has 3 nitrogen and oxygen atoms in total. The van der Waals surface area contributed by atoms with Gasteiger partial charge < -0.3 is 10.6 Å². The monoisotopic (exact) mass is 302 g/mol. The van der Waals surface area contributed by atoms with E-state index in [1.807, 2.05) is 0 Å². The van der Waals surface area contributed by atoms with Crippen LogP contribution in [0, 0.1) is 5.92 Å². The second-order valence-electron chi connectivity index (χ2n) is 5.05. The lowest BCUT2D eigenvalue weighted by molar-refractivity contribution is 0.0789. The summed E-state index contributed by atoms with van der Waals surface area (Å²) in [6.07, 6.45) is 0.779. The number of nitrogens with two attached hydrogens (primary N) is 1. The maximum absolute atomic E-state index is 12.2. The highest BCUT2D eigenvalue weighted by Gasteiger charge is 2.15. The van der Waals surface area contributed by atoms with E-state index in [0.29, 0.717) is 28.1 Å². The number of carbonyl (C=O) groups excluding carboxylic acids is 1. The Morgan fingerprint density at radius 1 is 1.32 bits per heavy atom. The van der Waals surface area contributed by atoms with Gasteiger partial charge in [0.1, 0.15) is 0 Å². The van der Waals surface area contributed by atoms with Crippen LogP contribution < -0.4 is 5.73 Å². The Morgan fingerprint density at radius 2 is 1.95 bits per heavy atom. The highest BCUT2D eigenvalue weighted by Crippen LogP contribution is 2.23. The van der Waals surface area contributed by atoms with Crippen molar-refractivity contribution < 1.29 is 4.79 Å². The molecule has 0 aliphatic rings. The lowest BCUT2D eigenvalue weighted by Gasteiger charge is -2.21. The number of halogens is 2. The predicted octanol–water partition coefficient (Wildman–Crippen LogP) is 3.44. The fraction of sp³-hybridized carbons (Fsp3) is 0.500.